The van der Waals surface area contributed by atoms with Crippen LogP contribution >= 0.6 is 0 Å². The number of hydrogen-bond donors (Lipinski definition) is 4. The van der Waals surface area contributed by atoms with Gasteiger partial charge >= 0.3 is 0 Å². The van der Waals surface area contributed by atoms with E-state index >= 15 is 0 Å². The molecule has 0 aromatic rings. The van der Waals surface area contributed by atoms with Crippen LogP contribution in [0, 0.1) is 0 Å². The van der Waals surface area contributed by atoms with Crippen LogP contribution in [0.15, 0.2) is 0 Å². The normalized spacial score (nSPS) is 35.8. The highest BCUT2D eigenvalue weighted by molar-refractivity contribution is 4.93. The Bertz CT molecular complexity index is 196. The fourth-order valence-electron chi connectivity index (χ4n) is 2.00. The lowest BCUT2D eigenvalue weighted by atomic mass is 9.94. The first-order valence-electron chi connectivity index (χ1n) is 5.51. The molecular weight excluding hydrogens is 234 g/mol. The van der Waals surface area contributed by atoms with Gasteiger partial charge in [-0.05, 0) is 13.0 Å². The molecule has 0 aromatic heterocycles. The van der Waals surface area contributed by atoms with Gasteiger partial charge in [-0.15, -0.1) is 0 Å². The zero-order chi connectivity index (χ0) is 11.4. The fourth-order valence-corrected chi connectivity index (χ4v) is 2.00. The van der Waals surface area contributed by atoms with Crippen LogP contribution in [-0.4, -0.2) is 69.4 Å². The minimum atomic E-state index is -1.15. The molecule has 0 bridgehead atoms. The smallest absolute Gasteiger partial charge is 0.109 e. The molecule has 0 unspecified atom stereocenters. The molecule has 98 valence electrons. The van der Waals surface area contributed by atoms with Crippen molar-refractivity contribution >= 4 is 0 Å². The van der Waals surface area contributed by atoms with Gasteiger partial charge in [0, 0.05) is 6.54 Å². The number of rotatable bonds is 4. The maximum absolute atomic E-state index is 9.67. The number of likely N-dealkylation sites (tertiary alicyclic amines) is 1. The van der Waals surface area contributed by atoms with Gasteiger partial charge in [-0.2, -0.15) is 0 Å². The maximum Gasteiger partial charge on any atom is 0.109 e. The molecule has 5 nitrogen and oxygen atoms in total. The fraction of sp³-hybridized carbons (Fsp3) is 1.00. The predicted octanol–water partition coefficient (Wildman–Crippen LogP) is -4.45. The van der Waals surface area contributed by atoms with Crippen molar-refractivity contribution in [1.82, 2.24) is 4.90 Å². The summed E-state index contributed by atoms with van der Waals surface area (Å²) in [5, 5.41) is 37.8. The minimum Gasteiger partial charge on any atom is -1.00 e. The highest BCUT2D eigenvalue weighted by atomic mass is 35.5. The van der Waals surface area contributed by atoms with Crippen LogP contribution in [0.2, 0.25) is 0 Å². The Kier molecular flexibility index (Phi) is 7.46. The highest BCUT2D eigenvalue weighted by Gasteiger charge is 2.40. The number of piperidine rings is 1. The Labute approximate surface area is 102 Å². The first kappa shape index (κ1) is 16.1. The first-order chi connectivity index (χ1) is 7.11. The van der Waals surface area contributed by atoms with E-state index in [1.807, 2.05) is 4.90 Å². The molecule has 1 fully saturated rings. The molecule has 4 N–H and O–H groups in total. The summed E-state index contributed by atoms with van der Waals surface area (Å²) in [6.45, 7) is 2.89. The Morgan fingerprint density at radius 2 is 1.81 bits per heavy atom. The second kappa shape index (κ2) is 7.42. The summed E-state index contributed by atoms with van der Waals surface area (Å²) >= 11 is 0. The standard InChI is InChI=1S/C10H21NO4.ClH/c1-2-3-4-11-5-8(13)10(15)9(14)7(11)6-12;/h7-10,12-15H,2-6H2,1H3;1H/p-1/t7-,8+,9-,10-;/m1./s1. The SMILES string of the molecule is CCCCN1C[C@H](O)[C@@H](O)[C@H](O)[C@H]1CO.[Cl-]. The van der Waals surface area contributed by atoms with E-state index in [-0.39, 0.29) is 19.0 Å². The molecule has 1 saturated heterocycles. The minimum absolute atomic E-state index is 0. The van der Waals surface area contributed by atoms with E-state index in [1.165, 1.54) is 0 Å². The lowest BCUT2D eigenvalue weighted by molar-refractivity contribution is -0.145. The number of aliphatic hydroxyl groups excluding tert-OH is 4. The van der Waals surface area contributed by atoms with E-state index in [1.54, 1.807) is 0 Å². The van der Waals surface area contributed by atoms with Crippen LogP contribution in [0.5, 0.6) is 0 Å². The van der Waals surface area contributed by atoms with Crippen LogP contribution in [0.25, 0.3) is 0 Å². The first-order valence-corrected chi connectivity index (χ1v) is 5.51. The van der Waals surface area contributed by atoms with Crippen molar-refractivity contribution < 1.29 is 32.8 Å². The summed E-state index contributed by atoms with van der Waals surface area (Å²) in [4.78, 5) is 1.84. The van der Waals surface area contributed by atoms with Gasteiger partial charge in [-0.1, -0.05) is 13.3 Å². The topological polar surface area (TPSA) is 84.2 Å². The molecule has 6 heteroatoms. The molecule has 0 saturated carbocycles. The number of nitrogens with zero attached hydrogens (tertiary/aromatic N) is 1. The molecule has 16 heavy (non-hydrogen) atoms. The number of hydrogen-bond acceptors (Lipinski definition) is 5. The van der Waals surface area contributed by atoms with Gasteiger partial charge in [0.2, 0.25) is 0 Å². The Balaban J connectivity index is 0.00000225. The average molecular weight is 255 g/mol. The molecule has 0 aromatic carbocycles. The number of unbranched alkanes of at least 4 members (excludes halogenated alkanes) is 1. The monoisotopic (exact) mass is 254 g/mol. The number of aliphatic hydroxyl groups is 4. The molecule has 4 atom stereocenters. The summed E-state index contributed by atoms with van der Waals surface area (Å²) in [5.74, 6) is 0. The molecule has 0 radical (unpaired) electrons. The third-order valence-corrected chi connectivity index (χ3v) is 3.01. The second-order valence-corrected chi connectivity index (χ2v) is 4.15. The molecule has 1 heterocycles. The molecule has 1 aliphatic heterocycles. The molecule has 1 rings (SSSR count). The summed E-state index contributed by atoms with van der Waals surface area (Å²) in [6, 6.07) is -0.463. The van der Waals surface area contributed by atoms with E-state index in [0.29, 0.717) is 6.54 Å². The Morgan fingerprint density at radius 3 is 2.31 bits per heavy atom. The van der Waals surface area contributed by atoms with Crippen LogP contribution in [0.1, 0.15) is 19.8 Å². The Morgan fingerprint density at radius 1 is 1.19 bits per heavy atom. The largest absolute Gasteiger partial charge is 1.00 e. The summed E-state index contributed by atoms with van der Waals surface area (Å²) in [6.07, 6.45) is -1.19. The molecule has 0 aliphatic carbocycles. The Hall–Kier alpha value is 0.0900. The van der Waals surface area contributed by atoms with Crippen LogP contribution in [0.3, 0.4) is 0 Å². The van der Waals surface area contributed by atoms with E-state index in [0.717, 1.165) is 19.4 Å². The van der Waals surface area contributed by atoms with E-state index in [2.05, 4.69) is 6.92 Å². The second-order valence-electron chi connectivity index (χ2n) is 4.15. The van der Waals surface area contributed by atoms with Gasteiger partial charge in [-0.25, -0.2) is 0 Å². The van der Waals surface area contributed by atoms with Gasteiger partial charge in [0.1, 0.15) is 12.2 Å². The maximum atomic E-state index is 9.67. The quantitative estimate of drug-likeness (QED) is 0.407. The molecule has 0 amide bonds. The van der Waals surface area contributed by atoms with Crippen molar-refractivity contribution in [3.8, 4) is 0 Å². The van der Waals surface area contributed by atoms with Gasteiger partial charge in [0.25, 0.3) is 0 Å². The third kappa shape index (κ3) is 3.55. The van der Waals surface area contributed by atoms with Crippen molar-refractivity contribution in [1.29, 1.82) is 0 Å². The van der Waals surface area contributed by atoms with Gasteiger partial charge < -0.3 is 32.8 Å². The average Bonchev–Trinajstić information content (AvgIpc) is 2.23. The van der Waals surface area contributed by atoms with Gasteiger partial charge in [0.15, 0.2) is 0 Å². The summed E-state index contributed by atoms with van der Waals surface area (Å²) < 4.78 is 0. The zero-order valence-electron chi connectivity index (χ0n) is 9.46. The van der Waals surface area contributed by atoms with E-state index in [4.69, 9.17) is 5.11 Å². The van der Waals surface area contributed by atoms with Gasteiger partial charge in [0.05, 0.1) is 18.8 Å². The van der Waals surface area contributed by atoms with Crippen molar-refractivity contribution in [3.63, 3.8) is 0 Å². The summed E-state index contributed by atoms with van der Waals surface area (Å²) in [5.41, 5.74) is 0. The van der Waals surface area contributed by atoms with E-state index in [9.17, 15) is 15.3 Å². The highest BCUT2D eigenvalue weighted by Crippen LogP contribution is 2.19. The van der Waals surface area contributed by atoms with Crippen molar-refractivity contribution in [3.05, 3.63) is 0 Å². The van der Waals surface area contributed by atoms with E-state index < -0.39 is 24.4 Å². The van der Waals surface area contributed by atoms with Crippen LogP contribution < -0.4 is 12.4 Å². The van der Waals surface area contributed by atoms with Crippen molar-refractivity contribution in [2.75, 3.05) is 19.7 Å². The van der Waals surface area contributed by atoms with Gasteiger partial charge in [-0.3, -0.25) is 4.90 Å². The number of β-amino-alcohol motifs (C(OH)–C–C–N with tert-alkyl or cyclic N) is 1. The van der Waals surface area contributed by atoms with Crippen molar-refractivity contribution in [2.45, 2.75) is 44.1 Å². The molecular formula is C10H21ClNO4-. The molecule has 0 spiro atoms. The number of halogens is 1. The van der Waals surface area contributed by atoms with Crippen LogP contribution in [0.4, 0.5) is 0 Å². The predicted molar refractivity (Wildman–Crippen MR) is 55.4 cm³/mol. The molecule has 1 aliphatic rings. The third-order valence-electron chi connectivity index (χ3n) is 3.01. The van der Waals surface area contributed by atoms with Crippen molar-refractivity contribution in [2.24, 2.45) is 0 Å². The zero-order valence-corrected chi connectivity index (χ0v) is 10.2. The van der Waals surface area contributed by atoms with Crippen LogP contribution in [-0.2, 0) is 0 Å². The summed E-state index contributed by atoms with van der Waals surface area (Å²) in [7, 11) is 0. The lowest BCUT2D eigenvalue weighted by Crippen LogP contribution is -3.00. The lowest BCUT2D eigenvalue weighted by Gasteiger charge is -2.43.